The molecular weight excluding hydrogens is 364 g/mol. The van der Waals surface area contributed by atoms with Gasteiger partial charge in [0.05, 0.1) is 0 Å². The summed E-state index contributed by atoms with van der Waals surface area (Å²) in [5.41, 5.74) is 3.48. The van der Waals surface area contributed by atoms with Crippen LogP contribution in [0.1, 0.15) is 53.5 Å². The molecule has 2 aromatic carbocycles. The highest BCUT2D eigenvalue weighted by atomic mass is 16.6. The van der Waals surface area contributed by atoms with E-state index in [1.807, 2.05) is 49.4 Å². The van der Waals surface area contributed by atoms with Gasteiger partial charge in [-0.1, -0.05) is 52.8 Å². The maximum absolute atomic E-state index is 12.1. The Hall–Kier alpha value is -2.89. The summed E-state index contributed by atoms with van der Waals surface area (Å²) >= 11 is 0. The highest BCUT2D eigenvalue weighted by molar-refractivity contribution is 5.75. The number of hydrogen-bond acceptors (Lipinski definition) is 4. The van der Waals surface area contributed by atoms with E-state index in [1.54, 1.807) is 4.80 Å². The van der Waals surface area contributed by atoms with Crippen molar-refractivity contribution >= 4 is 17.1 Å². The number of hydrogen-bond donors (Lipinski definition) is 1. The summed E-state index contributed by atoms with van der Waals surface area (Å²) in [6.45, 7) is 13.5. The molecule has 3 rings (SSSR count). The first-order valence-corrected chi connectivity index (χ1v) is 10.0. The van der Waals surface area contributed by atoms with Gasteiger partial charge in [0.15, 0.2) is 5.75 Å². The number of nitrogens with one attached hydrogen (secondary N) is 1. The summed E-state index contributed by atoms with van der Waals surface area (Å²) in [7, 11) is 0. The molecule has 0 spiro atoms. The van der Waals surface area contributed by atoms with Crippen molar-refractivity contribution in [3.63, 3.8) is 0 Å². The molecule has 0 atom stereocenters. The van der Waals surface area contributed by atoms with E-state index in [1.165, 1.54) is 0 Å². The second-order valence-corrected chi connectivity index (χ2v) is 9.20. The molecule has 0 aliphatic rings. The maximum atomic E-state index is 12.1. The van der Waals surface area contributed by atoms with Gasteiger partial charge < -0.3 is 10.1 Å². The Morgan fingerprint density at radius 1 is 1.03 bits per heavy atom. The lowest BCUT2D eigenvalue weighted by atomic mass is 9.72. The van der Waals surface area contributed by atoms with Gasteiger partial charge in [0, 0.05) is 6.54 Å². The van der Waals surface area contributed by atoms with Gasteiger partial charge >= 0.3 is 6.09 Å². The highest BCUT2D eigenvalue weighted by Crippen LogP contribution is 2.38. The number of benzene rings is 2. The topological polar surface area (TPSA) is 69.0 Å². The number of fused-ring (bicyclic) bond motifs is 1. The molecule has 0 aliphatic heterocycles. The third kappa shape index (κ3) is 4.94. The van der Waals surface area contributed by atoms with E-state index >= 15 is 0 Å². The van der Waals surface area contributed by atoms with Crippen LogP contribution in [0, 0.1) is 5.41 Å². The molecule has 154 valence electrons. The second kappa shape index (κ2) is 7.85. The van der Waals surface area contributed by atoms with Crippen LogP contribution >= 0.6 is 0 Å². The molecule has 1 heterocycles. The van der Waals surface area contributed by atoms with Gasteiger partial charge in [0.1, 0.15) is 16.7 Å². The van der Waals surface area contributed by atoms with Crippen molar-refractivity contribution in [3.8, 4) is 11.4 Å². The molecule has 6 heteroatoms. The van der Waals surface area contributed by atoms with Crippen LogP contribution in [-0.4, -0.2) is 27.6 Å². The smallest absolute Gasteiger partial charge is 0.408 e. The lowest BCUT2D eigenvalue weighted by Crippen LogP contribution is -2.27. The zero-order chi connectivity index (χ0) is 21.2. The summed E-state index contributed by atoms with van der Waals surface area (Å²) in [5, 5.41) is 11.8. The lowest BCUT2D eigenvalue weighted by Gasteiger charge is -2.33. The molecule has 0 saturated heterocycles. The van der Waals surface area contributed by atoms with Crippen LogP contribution < -0.4 is 10.1 Å². The number of ether oxygens (including phenoxy) is 1. The van der Waals surface area contributed by atoms with Gasteiger partial charge in [-0.3, -0.25) is 0 Å². The molecule has 1 N–H and O–H groups in total. The minimum Gasteiger partial charge on any atom is -0.408 e. The molecule has 6 nitrogen and oxygen atoms in total. The maximum Gasteiger partial charge on any atom is 0.412 e. The molecule has 3 aromatic rings. The molecule has 29 heavy (non-hydrogen) atoms. The number of carbonyl (C=O) groups is 1. The number of aromatic nitrogens is 3. The van der Waals surface area contributed by atoms with Crippen molar-refractivity contribution in [3.05, 3.63) is 48.0 Å². The van der Waals surface area contributed by atoms with E-state index in [4.69, 9.17) is 4.74 Å². The predicted octanol–water partition coefficient (Wildman–Crippen LogP) is 5.24. The number of rotatable bonds is 5. The van der Waals surface area contributed by atoms with E-state index in [0.29, 0.717) is 18.0 Å². The predicted molar refractivity (Wildman–Crippen MR) is 116 cm³/mol. The van der Waals surface area contributed by atoms with Crippen LogP contribution in [0.3, 0.4) is 0 Å². The molecule has 0 bridgehead atoms. The van der Waals surface area contributed by atoms with Crippen molar-refractivity contribution in [2.24, 2.45) is 5.41 Å². The van der Waals surface area contributed by atoms with Crippen LogP contribution in [0.25, 0.3) is 16.7 Å². The SMILES string of the molecule is CCNC(=O)Oc1ccc(C(C)(C)CC(C)(C)C)cc1-n1nc2ccccc2n1. The summed E-state index contributed by atoms with van der Waals surface area (Å²) in [6.07, 6.45) is 0.511. The zero-order valence-corrected chi connectivity index (χ0v) is 18.1. The van der Waals surface area contributed by atoms with Crippen LogP contribution in [0.4, 0.5) is 4.79 Å². The van der Waals surface area contributed by atoms with E-state index in [0.717, 1.165) is 23.0 Å². The Morgan fingerprint density at radius 3 is 2.21 bits per heavy atom. The van der Waals surface area contributed by atoms with Crippen molar-refractivity contribution in [1.82, 2.24) is 20.3 Å². The minimum atomic E-state index is -0.493. The average molecular weight is 395 g/mol. The number of carbonyl (C=O) groups excluding carboxylic acids is 1. The summed E-state index contributed by atoms with van der Waals surface area (Å²) < 4.78 is 5.55. The van der Waals surface area contributed by atoms with Crippen LogP contribution in [0.5, 0.6) is 5.75 Å². The molecule has 1 aromatic heterocycles. The average Bonchev–Trinajstić information content (AvgIpc) is 3.04. The van der Waals surface area contributed by atoms with Crippen molar-refractivity contribution in [1.29, 1.82) is 0 Å². The van der Waals surface area contributed by atoms with Crippen molar-refractivity contribution in [2.45, 2.75) is 53.4 Å². The van der Waals surface area contributed by atoms with Crippen LogP contribution in [0.2, 0.25) is 0 Å². The molecule has 1 amide bonds. The van der Waals surface area contributed by atoms with Gasteiger partial charge in [-0.25, -0.2) is 4.79 Å². The van der Waals surface area contributed by atoms with E-state index in [9.17, 15) is 4.79 Å². The van der Waals surface area contributed by atoms with E-state index in [2.05, 4.69) is 50.1 Å². The standard InChI is InChI=1S/C23H30N4O2/c1-7-24-21(28)29-20-13-12-16(23(5,6)15-22(2,3)4)14-19(20)27-25-17-10-8-9-11-18(17)26-27/h8-14H,7,15H2,1-6H3,(H,24,28). The highest BCUT2D eigenvalue weighted by Gasteiger charge is 2.28. The fourth-order valence-corrected chi connectivity index (χ4v) is 3.86. The van der Waals surface area contributed by atoms with Gasteiger partial charge in [0.2, 0.25) is 0 Å². The van der Waals surface area contributed by atoms with Crippen molar-refractivity contribution in [2.75, 3.05) is 6.54 Å². The van der Waals surface area contributed by atoms with Gasteiger partial charge in [0.25, 0.3) is 0 Å². The molecule has 0 aliphatic carbocycles. The monoisotopic (exact) mass is 394 g/mol. The molecule has 0 saturated carbocycles. The third-order valence-electron chi connectivity index (χ3n) is 4.74. The fourth-order valence-electron chi connectivity index (χ4n) is 3.86. The first-order chi connectivity index (χ1) is 13.6. The number of nitrogens with zero attached hydrogens (tertiary/aromatic N) is 3. The van der Waals surface area contributed by atoms with Gasteiger partial charge in [-0.15, -0.1) is 15.0 Å². The number of amides is 1. The van der Waals surface area contributed by atoms with Crippen LogP contribution in [0.15, 0.2) is 42.5 Å². The Morgan fingerprint density at radius 2 is 1.66 bits per heavy atom. The van der Waals surface area contributed by atoms with Crippen LogP contribution in [-0.2, 0) is 5.41 Å². The summed E-state index contributed by atoms with van der Waals surface area (Å²) in [5.74, 6) is 0.423. The molecular formula is C23H30N4O2. The third-order valence-corrected chi connectivity index (χ3v) is 4.74. The van der Waals surface area contributed by atoms with Gasteiger partial charge in [-0.05, 0) is 54.0 Å². The Balaban J connectivity index is 2.09. The minimum absolute atomic E-state index is 0.0657. The first kappa shape index (κ1) is 20.8. The quantitative estimate of drug-likeness (QED) is 0.642. The Kier molecular flexibility index (Phi) is 5.64. The van der Waals surface area contributed by atoms with E-state index in [-0.39, 0.29) is 10.8 Å². The summed E-state index contributed by atoms with van der Waals surface area (Å²) in [4.78, 5) is 13.6. The zero-order valence-electron chi connectivity index (χ0n) is 18.1. The molecule has 0 unspecified atom stereocenters. The summed E-state index contributed by atoms with van der Waals surface area (Å²) in [6, 6.07) is 13.6. The lowest BCUT2D eigenvalue weighted by molar-refractivity contribution is 0.201. The van der Waals surface area contributed by atoms with E-state index < -0.39 is 6.09 Å². The Bertz CT molecular complexity index is 982. The first-order valence-electron chi connectivity index (χ1n) is 10.0. The van der Waals surface area contributed by atoms with Crippen molar-refractivity contribution < 1.29 is 9.53 Å². The second-order valence-electron chi connectivity index (χ2n) is 9.20. The molecule has 0 radical (unpaired) electrons. The Labute approximate surface area is 172 Å². The normalized spacial score (nSPS) is 12.2. The fraction of sp³-hybridized carbons (Fsp3) is 0.435. The van der Waals surface area contributed by atoms with Gasteiger partial charge in [-0.2, -0.15) is 0 Å². The molecule has 0 fully saturated rings. The largest absolute Gasteiger partial charge is 0.412 e.